The molecule has 1 fully saturated rings. The topological polar surface area (TPSA) is 92.3 Å². The van der Waals surface area contributed by atoms with Gasteiger partial charge in [0, 0.05) is 18.5 Å². The average Bonchev–Trinajstić information content (AvgIpc) is 2.53. The molecule has 1 aliphatic rings. The number of rotatable bonds is 4. The number of nitrogens with one attached hydrogen (secondary N) is 1. The molecule has 1 aliphatic heterocycles. The van der Waals surface area contributed by atoms with Crippen molar-refractivity contribution in [2.75, 3.05) is 13.2 Å². The fraction of sp³-hybridized carbons (Fsp3) is 0.400. The first kappa shape index (κ1) is 15.1. The highest BCUT2D eigenvalue weighted by Crippen LogP contribution is 2.24. The molecule has 6 nitrogen and oxygen atoms in total. The first-order chi connectivity index (χ1) is 10.6. The second-order valence-electron chi connectivity index (χ2n) is 5.17. The molecule has 116 valence electrons. The van der Waals surface area contributed by atoms with Crippen molar-refractivity contribution in [3.63, 3.8) is 0 Å². The predicted octanol–water partition coefficient (Wildman–Crippen LogP) is 2.03. The van der Waals surface area contributed by atoms with Crippen LogP contribution in [0.2, 0.25) is 0 Å². The molecule has 2 heterocycles. The van der Waals surface area contributed by atoms with E-state index < -0.39 is 5.97 Å². The molecule has 1 saturated heterocycles. The summed E-state index contributed by atoms with van der Waals surface area (Å²) in [4.78, 5) is 30.2. The highest BCUT2D eigenvalue weighted by atomic mass is 32.2. The molecular weight excluding hydrogens is 304 g/mol. The number of carboxylic acids is 1. The molecule has 0 saturated carbocycles. The molecule has 0 radical (unpaired) electrons. The number of benzene rings is 1. The van der Waals surface area contributed by atoms with E-state index in [4.69, 9.17) is 9.84 Å². The smallest absolute Gasteiger partial charge is 0.335 e. The maximum absolute atomic E-state index is 12.1. The maximum atomic E-state index is 12.1. The average molecular weight is 320 g/mol. The number of hydrogen-bond acceptors (Lipinski definition) is 5. The van der Waals surface area contributed by atoms with Gasteiger partial charge in [-0.25, -0.2) is 9.78 Å². The van der Waals surface area contributed by atoms with E-state index in [0.717, 1.165) is 26.1 Å². The van der Waals surface area contributed by atoms with E-state index in [1.54, 1.807) is 11.8 Å². The van der Waals surface area contributed by atoms with E-state index in [2.05, 4.69) is 9.97 Å². The van der Waals surface area contributed by atoms with Gasteiger partial charge < -0.3 is 14.8 Å². The third kappa shape index (κ3) is 3.31. The molecule has 0 amide bonds. The van der Waals surface area contributed by atoms with Gasteiger partial charge in [0.15, 0.2) is 0 Å². The van der Waals surface area contributed by atoms with Gasteiger partial charge in [-0.15, -0.1) is 0 Å². The summed E-state index contributed by atoms with van der Waals surface area (Å²) in [6.07, 6.45) is 2.01. The Bertz CT molecular complexity index is 753. The van der Waals surface area contributed by atoms with Gasteiger partial charge in [-0.3, -0.25) is 4.79 Å². The fourth-order valence-electron chi connectivity index (χ4n) is 2.43. The Morgan fingerprint density at radius 1 is 1.41 bits per heavy atom. The fourth-order valence-corrected chi connectivity index (χ4v) is 3.48. The second kappa shape index (κ2) is 6.50. The summed E-state index contributed by atoms with van der Waals surface area (Å²) in [7, 11) is 0. The number of aromatic amines is 1. The molecule has 0 spiro atoms. The van der Waals surface area contributed by atoms with E-state index >= 15 is 0 Å². The molecule has 0 aliphatic carbocycles. The van der Waals surface area contributed by atoms with Crippen molar-refractivity contribution in [1.29, 1.82) is 0 Å². The number of nitrogens with zero attached hydrogens (tertiary/aromatic N) is 1. The summed E-state index contributed by atoms with van der Waals surface area (Å²) in [5.74, 6) is 0.159. The van der Waals surface area contributed by atoms with Crippen LogP contribution >= 0.6 is 11.8 Å². The van der Waals surface area contributed by atoms with Gasteiger partial charge in [-0.2, -0.15) is 11.8 Å². The number of hydrogen-bond donors (Lipinski definition) is 2. The molecule has 0 unspecified atom stereocenters. The van der Waals surface area contributed by atoms with Gasteiger partial charge in [0.1, 0.15) is 5.82 Å². The van der Waals surface area contributed by atoms with E-state index in [-0.39, 0.29) is 11.1 Å². The van der Waals surface area contributed by atoms with Crippen molar-refractivity contribution in [1.82, 2.24) is 9.97 Å². The minimum absolute atomic E-state index is 0.133. The molecule has 2 aromatic rings. The number of aromatic carboxylic acids is 1. The Morgan fingerprint density at radius 2 is 2.18 bits per heavy atom. The van der Waals surface area contributed by atoms with Crippen LogP contribution in [0.4, 0.5) is 0 Å². The molecule has 7 heteroatoms. The van der Waals surface area contributed by atoms with Gasteiger partial charge in [-0.05, 0) is 31.0 Å². The minimum Gasteiger partial charge on any atom is -0.478 e. The lowest BCUT2D eigenvalue weighted by atomic mass is 10.1. The van der Waals surface area contributed by atoms with Gasteiger partial charge in [0.25, 0.3) is 5.56 Å². The van der Waals surface area contributed by atoms with Crippen LogP contribution in [0.5, 0.6) is 0 Å². The normalized spacial score (nSPS) is 16.0. The van der Waals surface area contributed by atoms with E-state index in [1.165, 1.54) is 18.2 Å². The molecule has 1 aromatic carbocycles. The molecule has 0 atom stereocenters. The monoisotopic (exact) mass is 320 g/mol. The summed E-state index contributed by atoms with van der Waals surface area (Å²) in [6, 6.07) is 4.35. The van der Waals surface area contributed by atoms with Crippen LogP contribution in [0.15, 0.2) is 23.0 Å². The van der Waals surface area contributed by atoms with Crippen LogP contribution in [0.25, 0.3) is 10.9 Å². The van der Waals surface area contributed by atoms with Crippen LogP contribution in [0.1, 0.15) is 29.0 Å². The zero-order valence-corrected chi connectivity index (χ0v) is 12.7. The van der Waals surface area contributed by atoms with Crippen molar-refractivity contribution in [3.05, 3.63) is 39.9 Å². The molecule has 1 aromatic heterocycles. The van der Waals surface area contributed by atoms with Crippen LogP contribution in [-0.4, -0.2) is 39.5 Å². The number of thioether (sulfide) groups is 1. The van der Waals surface area contributed by atoms with Crippen molar-refractivity contribution in [2.45, 2.75) is 23.8 Å². The van der Waals surface area contributed by atoms with Crippen molar-refractivity contribution < 1.29 is 14.6 Å². The summed E-state index contributed by atoms with van der Waals surface area (Å²) in [6.45, 7) is 1.56. The highest BCUT2D eigenvalue weighted by Gasteiger charge is 2.15. The lowest BCUT2D eigenvalue weighted by molar-refractivity contribution is 0.0697. The Morgan fingerprint density at radius 3 is 2.91 bits per heavy atom. The number of aromatic nitrogens is 2. The van der Waals surface area contributed by atoms with Gasteiger partial charge in [0.2, 0.25) is 0 Å². The SMILES string of the molecule is O=C(O)c1ccc2c(=O)[nH]c(CSC3CCOCC3)nc2c1. The largest absolute Gasteiger partial charge is 0.478 e. The van der Waals surface area contributed by atoms with Crippen LogP contribution in [0, 0.1) is 0 Å². The standard InChI is InChI=1S/C15H16N2O4S/c18-14-11-2-1-9(15(19)20)7-12(11)16-13(17-14)8-22-10-3-5-21-6-4-10/h1-2,7,10H,3-6,8H2,(H,19,20)(H,16,17,18). The lowest BCUT2D eigenvalue weighted by Crippen LogP contribution is -2.18. The van der Waals surface area contributed by atoms with Crippen molar-refractivity contribution in [2.24, 2.45) is 0 Å². The summed E-state index contributed by atoms with van der Waals surface area (Å²) in [5, 5.41) is 9.95. The van der Waals surface area contributed by atoms with E-state index in [1.807, 2.05) is 0 Å². The van der Waals surface area contributed by atoms with Crippen molar-refractivity contribution >= 4 is 28.6 Å². The number of fused-ring (bicyclic) bond motifs is 1. The molecule has 22 heavy (non-hydrogen) atoms. The number of ether oxygens (including phenoxy) is 1. The quantitative estimate of drug-likeness (QED) is 0.895. The van der Waals surface area contributed by atoms with E-state index in [0.29, 0.717) is 27.7 Å². The highest BCUT2D eigenvalue weighted by molar-refractivity contribution is 7.99. The van der Waals surface area contributed by atoms with Gasteiger partial charge in [-0.1, -0.05) is 0 Å². The molecule has 0 bridgehead atoms. The van der Waals surface area contributed by atoms with Gasteiger partial charge >= 0.3 is 5.97 Å². The molecule has 3 rings (SSSR count). The Labute approximate surface area is 130 Å². The zero-order chi connectivity index (χ0) is 15.5. The van der Waals surface area contributed by atoms with Crippen LogP contribution in [0.3, 0.4) is 0 Å². The first-order valence-electron chi connectivity index (χ1n) is 7.09. The lowest BCUT2D eigenvalue weighted by Gasteiger charge is -2.21. The Balaban J connectivity index is 1.83. The summed E-state index contributed by atoms with van der Waals surface area (Å²) in [5.41, 5.74) is 0.323. The third-order valence-electron chi connectivity index (χ3n) is 3.63. The van der Waals surface area contributed by atoms with Crippen LogP contribution in [-0.2, 0) is 10.5 Å². The number of carboxylic acid groups (broad SMARTS) is 1. The Hall–Kier alpha value is -1.86. The van der Waals surface area contributed by atoms with Gasteiger partial charge in [0.05, 0.1) is 22.2 Å². The number of carbonyl (C=O) groups is 1. The Kier molecular flexibility index (Phi) is 4.44. The maximum Gasteiger partial charge on any atom is 0.335 e. The second-order valence-corrected chi connectivity index (χ2v) is 6.46. The predicted molar refractivity (Wildman–Crippen MR) is 84.5 cm³/mol. The first-order valence-corrected chi connectivity index (χ1v) is 8.14. The molecule has 2 N–H and O–H groups in total. The summed E-state index contributed by atoms with van der Waals surface area (Å²) >= 11 is 1.75. The van der Waals surface area contributed by atoms with Crippen LogP contribution < -0.4 is 5.56 Å². The summed E-state index contributed by atoms with van der Waals surface area (Å²) < 4.78 is 5.32. The third-order valence-corrected chi connectivity index (χ3v) is 5.01. The zero-order valence-electron chi connectivity index (χ0n) is 11.9. The van der Waals surface area contributed by atoms with Crippen molar-refractivity contribution in [3.8, 4) is 0 Å². The minimum atomic E-state index is -1.03. The van der Waals surface area contributed by atoms with E-state index in [9.17, 15) is 9.59 Å². The number of H-pyrrole nitrogens is 1. The molecular formula is C15H16N2O4S.